The van der Waals surface area contributed by atoms with Crippen LogP contribution >= 0.6 is 0 Å². The molecular weight excluding hydrogens is 305 g/mol. The average Bonchev–Trinajstić information content (AvgIpc) is 2.61. The molecule has 24 heavy (non-hydrogen) atoms. The second-order valence-corrected chi connectivity index (χ2v) is 6.28. The van der Waals surface area contributed by atoms with Gasteiger partial charge in [-0.25, -0.2) is 4.39 Å². The predicted molar refractivity (Wildman–Crippen MR) is 91.3 cm³/mol. The van der Waals surface area contributed by atoms with Crippen molar-refractivity contribution in [3.05, 3.63) is 71.0 Å². The van der Waals surface area contributed by atoms with Crippen LogP contribution in [0.15, 0.2) is 48.5 Å². The van der Waals surface area contributed by atoms with E-state index in [2.05, 4.69) is 0 Å². The van der Waals surface area contributed by atoms with Crippen LogP contribution in [0.1, 0.15) is 34.3 Å². The number of nitrogens with zero attached hydrogens (tertiary/aromatic N) is 1. The van der Waals surface area contributed by atoms with Gasteiger partial charge in [0.05, 0.1) is 12.7 Å². The highest BCUT2D eigenvalue weighted by Crippen LogP contribution is 2.18. The van der Waals surface area contributed by atoms with Crippen molar-refractivity contribution < 1.29 is 13.9 Å². The Morgan fingerprint density at radius 3 is 2.71 bits per heavy atom. The molecule has 0 radical (unpaired) electrons. The fraction of sp³-hybridized carbons (Fsp3) is 0.350. The summed E-state index contributed by atoms with van der Waals surface area (Å²) in [5.41, 5.74) is 2.39. The smallest absolute Gasteiger partial charge is 0.253 e. The van der Waals surface area contributed by atoms with E-state index in [1.807, 2.05) is 36.1 Å². The van der Waals surface area contributed by atoms with E-state index in [0.717, 1.165) is 24.9 Å². The van der Waals surface area contributed by atoms with Gasteiger partial charge in [0, 0.05) is 24.2 Å². The minimum absolute atomic E-state index is 0.0363. The number of ether oxygens (including phenoxy) is 1. The molecule has 0 spiro atoms. The van der Waals surface area contributed by atoms with Crippen molar-refractivity contribution in [1.29, 1.82) is 0 Å². The van der Waals surface area contributed by atoms with Crippen LogP contribution in [-0.2, 0) is 11.3 Å². The van der Waals surface area contributed by atoms with Gasteiger partial charge in [-0.15, -0.1) is 0 Å². The summed E-state index contributed by atoms with van der Waals surface area (Å²) in [5.74, 6) is -0.213. The molecule has 3 rings (SSSR count). The molecule has 4 heteroatoms. The molecule has 2 aromatic carbocycles. The van der Waals surface area contributed by atoms with Crippen LogP contribution in [0, 0.1) is 12.7 Å². The quantitative estimate of drug-likeness (QED) is 0.851. The van der Waals surface area contributed by atoms with Gasteiger partial charge in [0.2, 0.25) is 0 Å². The van der Waals surface area contributed by atoms with E-state index in [1.165, 1.54) is 6.07 Å². The highest BCUT2D eigenvalue weighted by molar-refractivity contribution is 5.94. The van der Waals surface area contributed by atoms with Gasteiger partial charge >= 0.3 is 0 Å². The second-order valence-electron chi connectivity index (χ2n) is 6.28. The minimum Gasteiger partial charge on any atom is -0.372 e. The van der Waals surface area contributed by atoms with Crippen LogP contribution in [0.25, 0.3) is 0 Å². The Bertz CT molecular complexity index is 699. The van der Waals surface area contributed by atoms with E-state index in [1.54, 1.807) is 18.2 Å². The number of hydrogen-bond acceptors (Lipinski definition) is 2. The zero-order valence-electron chi connectivity index (χ0n) is 13.9. The van der Waals surface area contributed by atoms with Gasteiger partial charge in [-0.2, -0.15) is 0 Å². The van der Waals surface area contributed by atoms with Gasteiger partial charge < -0.3 is 9.64 Å². The van der Waals surface area contributed by atoms with Gasteiger partial charge in [0.1, 0.15) is 5.82 Å². The van der Waals surface area contributed by atoms with Crippen molar-refractivity contribution >= 4 is 5.91 Å². The summed E-state index contributed by atoms with van der Waals surface area (Å²) < 4.78 is 19.5. The molecule has 3 nitrogen and oxygen atoms in total. The number of hydrogen-bond donors (Lipinski definition) is 0. The number of piperidine rings is 1. The monoisotopic (exact) mass is 327 g/mol. The molecule has 1 aliphatic rings. The molecule has 1 heterocycles. The first-order valence-corrected chi connectivity index (χ1v) is 8.34. The summed E-state index contributed by atoms with van der Waals surface area (Å²) >= 11 is 0. The fourth-order valence-electron chi connectivity index (χ4n) is 2.96. The number of rotatable bonds is 4. The molecule has 1 atom stereocenters. The lowest BCUT2D eigenvalue weighted by Gasteiger charge is -2.32. The standard InChI is InChI=1S/C20H22FNO2/c1-15-8-10-16(11-9-15)20(23)22-12-4-6-18(13-22)24-14-17-5-2-3-7-19(17)21/h2-3,5,7-11,18H,4,6,12-14H2,1H3/t18-/m0/s1. The Labute approximate surface area is 142 Å². The molecule has 0 N–H and O–H groups in total. The van der Waals surface area contributed by atoms with Crippen molar-refractivity contribution in [3.63, 3.8) is 0 Å². The summed E-state index contributed by atoms with van der Waals surface area (Å²) in [6, 6.07) is 14.3. The Morgan fingerprint density at radius 1 is 1.21 bits per heavy atom. The molecule has 1 amide bonds. The predicted octanol–water partition coefficient (Wildman–Crippen LogP) is 3.96. The molecule has 1 saturated heterocycles. The van der Waals surface area contributed by atoms with Gasteiger partial charge in [-0.3, -0.25) is 4.79 Å². The molecule has 0 aliphatic carbocycles. The lowest BCUT2D eigenvalue weighted by atomic mass is 10.1. The first kappa shape index (κ1) is 16.7. The maximum Gasteiger partial charge on any atom is 0.253 e. The van der Waals surface area contributed by atoms with Crippen molar-refractivity contribution in [2.75, 3.05) is 13.1 Å². The van der Waals surface area contributed by atoms with E-state index in [4.69, 9.17) is 4.74 Å². The molecule has 1 fully saturated rings. The third-order valence-corrected chi connectivity index (χ3v) is 4.40. The van der Waals surface area contributed by atoms with Crippen molar-refractivity contribution in [2.24, 2.45) is 0 Å². The maximum absolute atomic E-state index is 13.7. The SMILES string of the molecule is Cc1ccc(C(=O)N2CCC[C@H](OCc3ccccc3F)C2)cc1. The number of amides is 1. The number of likely N-dealkylation sites (tertiary alicyclic amines) is 1. The van der Waals surface area contributed by atoms with Gasteiger partial charge in [0.15, 0.2) is 0 Å². The summed E-state index contributed by atoms with van der Waals surface area (Å²) in [7, 11) is 0. The average molecular weight is 327 g/mol. The van der Waals surface area contributed by atoms with E-state index in [0.29, 0.717) is 17.7 Å². The van der Waals surface area contributed by atoms with Crippen LogP contribution < -0.4 is 0 Å². The third kappa shape index (κ3) is 4.01. The van der Waals surface area contributed by atoms with E-state index < -0.39 is 0 Å². The zero-order valence-corrected chi connectivity index (χ0v) is 13.9. The third-order valence-electron chi connectivity index (χ3n) is 4.40. The van der Waals surface area contributed by atoms with Crippen LogP contribution in [0.4, 0.5) is 4.39 Å². The topological polar surface area (TPSA) is 29.5 Å². The molecule has 0 unspecified atom stereocenters. The maximum atomic E-state index is 13.7. The summed E-state index contributed by atoms with van der Waals surface area (Å²) in [5, 5.41) is 0. The van der Waals surface area contributed by atoms with E-state index in [-0.39, 0.29) is 24.4 Å². The number of benzene rings is 2. The number of aryl methyl sites for hydroxylation is 1. The molecular formula is C20H22FNO2. The summed E-state index contributed by atoms with van der Waals surface area (Å²) in [6.45, 7) is 3.54. The highest BCUT2D eigenvalue weighted by atomic mass is 19.1. The van der Waals surface area contributed by atoms with Crippen molar-refractivity contribution in [3.8, 4) is 0 Å². The zero-order chi connectivity index (χ0) is 16.9. The van der Waals surface area contributed by atoms with Crippen LogP contribution in [0.3, 0.4) is 0 Å². The normalized spacial score (nSPS) is 17.8. The van der Waals surface area contributed by atoms with Gasteiger partial charge in [0.25, 0.3) is 5.91 Å². The minimum atomic E-state index is -0.249. The Balaban J connectivity index is 1.59. The van der Waals surface area contributed by atoms with E-state index >= 15 is 0 Å². The second kappa shape index (κ2) is 7.58. The first-order chi connectivity index (χ1) is 11.6. The fourth-order valence-corrected chi connectivity index (χ4v) is 2.96. The van der Waals surface area contributed by atoms with Crippen LogP contribution in [0.2, 0.25) is 0 Å². The molecule has 126 valence electrons. The Hall–Kier alpha value is -2.20. The van der Waals surface area contributed by atoms with Crippen molar-refractivity contribution in [2.45, 2.75) is 32.5 Å². The molecule has 0 aromatic heterocycles. The van der Waals surface area contributed by atoms with Crippen LogP contribution in [0.5, 0.6) is 0 Å². The van der Waals surface area contributed by atoms with Gasteiger partial charge in [-0.05, 0) is 38.0 Å². The van der Waals surface area contributed by atoms with Gasteiger partial charge in [-0.1, -0.05) is 35.9 Å². The van der Waals surface area contributed by atoms with Crippen molar-refractivity contribution in [1.82, 2.24) is 4.90 Å². The molecule has 1 aliphatic heterocycles. The number of carbonyl (C=O) groups excluding carboxylic acids is 1. The first-order valence-electron chi connectivity index (χ1n) is 8.34. The number of carbonyl (C=O) groups is 1. The van der Waals surface area contributed by atoms with E-state index in [9.17, 15) is 9.18 Å². The molecule has 2 aromatic rings. The molecule has 0 saturated carbocycles. The summed E-state index contributed by atoms with van der Waals surface area (Å²) in [4.78, 5) is 14.4. The lowest BCUT2D eigenvalue weighted by molar-refractivity contribution is -0.00761. The Morgan fingerprint density at radius 2 is 1.96 bits per heavy atom. The Kier molecular flexibility index (Phi) is 5.26. The largest absolute Gasteiger partial charge is 0.372 e. The highest BCUT2D eigenvalue weighted by Gasteiger charge is 2.25. The summed E-state index contributed by atoms with van der Waals surface area (Å²) in [6.07, 6.45) is 1.75. The lowest BCUT2D eigenvalue weighted by Crippen LogP contribution is -2.43. The molecule has 0 bridgehead atoms. The van der Waals surface area contributed by atoms with Crippen LogP contribution in [-0.4, -0.2) is 30.0 Å². The number of halogens is 1.